The number of aryl methyl sites for hydroxylation is 1. The van der Waals surface area contributed by atoms with Gasteiger partial charge in [-0.3, -0.25) is 0 Å². The van der Waals surface area contributed by atoms with E-state index in [0.29, 0.717) is 0 Å². The van der Waals surface area contributed by atoms with Gasteiger partial charge in [0.05, 0.1) is 0 Å². The second-order valence-electron chi connectivity index (χ2n) is 7.39. The quantitative estimate of drug-likeness (QED) is 0.621. The van der Waals surface area contributed by atoms with Crippen LogP contribution in [0.5, 0.6) is 0 Å². The molecule has 0 heterocycles. The standard InChI is InChI=1S/C22H25F/c23-22-12-10-17(11-13-22)19-7-9-20-14-18(6-8-21(20)15-19)16-4-2-1-3-5-16/h7,9-13,15-16,18H,1-6,8,14H2. The monoisotopic (exact) mass is 308 g/mol. The Labute approximate surface area is 138 Å². The van der Waals surface area contributed by atoms with Gasteiger partial charge in [-0.2, -0.15) is 0 Å². The highest BCUT2D eigenvalue weighted by molar-refractivity contribution is 5.65. The van der Waals surface area contributed by atoms with Gasteiger partial charge in [0.15, 0.2) is 0 Å². The number of hydrogen-bond acceptors (Lipinski definition) is 0. The molecule has 0 N–H and O–H groups in total. The van der Waals surface area contributed by atoms with Crippen molar-refractivity contribution in [2.24, 2.45) is 11.8 Å². The maximum absolute atomic E-state index is 13.1. The minimum atomic E-state index is -0.165. The summed E-state index contributed by atoms with van der Waals surface area (Å²) in [4.78, 5) is 0. The molecule has 1 atom stereocenters. The zero-order valence-electron chi connectivity index (χ0n) is 13.7. The van der Waals surface area contributed by atoms with Crippen molar-refractivity contribution in [1.29, 1.82) is 0 Å². The van der Waals surface area contributed by atoms with E-state index in [0.717, 1.165) is 17.4 Å². The molecular formula is C22H25F. The summed E-state index contributed by atoms with van der Waals surface area (Å²) in [5, 5.41) is 0. The van der Waals surface area contributed by atoms with E-state index in [1.54, 1.807) is 17.7 Å². The molecule has 1 heteroatoms. The molecule has 0 nitrogen and oxygen atoms in total. The molecule has 2 aliphatic carbocycles. The molecule has 4 rings (SSSR count). The Balaban J connectivity index is 1.53. The van der Waals surface area contributed by atoms with Gasteiger partial charge in [0.2, 0.25) is 0 Å². The van der Waals surface area contributed by atoms with E-state index < -0.39 is 0 Å². The second-order valence-corrected chi connectivity index (χ2v) is 7.39. The van der Waals surface area contributed by atoms with Crippen LogP contribution in [0.2, 0.25) is 0 Å². The van der Waals surface area contributed by atoms with Crippen LogP contribution in [-0.2, 0) is 12.8 Å². The van der Waals surface area contributed by atoms with Crippen LogP contribution in [0.15, 0.2) is 42.5 Å². The van der Waals surface area contributed by atoms with Crippen LogP contribution in [0.25, 0.3) is 11.1 Å². The zero-order valence-corrected chi connectivity index (χ0v) is 13.7. The van der Waals surface area contributed by atoms with E-state index in [9.17, 15) is 4.39 Å². The van der Waals surface area contributed by atoms with Gasteiger partial charge in [-0.05, 0) is 65.5 Å². The van der Waals surface area contributed by atoms with Gasteiger partial charge in [0.25, 0.3) is 0 Å². The summed E-state index contributed by atoms with van der Waals surface area (Å²) in [6.07, 6.45) is 11.1. The van der Waals surface area contributed by atoms with E-state index in [1.165, 1.54) is 62.5 Å². The Bertz CT molecular complexity index is 665. The highest BCUT2D eigenvalue weighted by atomic mass is 19.1. The topological polar surface area (TPSA) is 0 Å². The van der Waals surface area contributed by atoms with Crippen molar-refractivity contribution >= 4 is 0 Å². The minimum Gasteiger partial charge on any atom is -0.207 e. The summed E-state index contributed by atoms with van der Waals surface area (Å²) in [6.45, 7) is 0. The van der Waals surface area contributed by atoms with Crippen molar-refractivity contribution in [3.05, 3.63) is 59.4 Å². The predicted octanol–water partition coefficient (Wildman–Crippen LogP) is 6.18. The summed E-state index contributed by atoms with van der Waals surface area (Å²) in [5.74, 6) is 1.70. The van der Waals surface area contributed by atoms with E-state index in [2.05, 4.69) is 18.2 Å². The number of hydrogen-bond donors (Lipinski definition) is 0. The fourth-order valence-electron chi connectivity index (χ4n) is 4.61. The van der Waals surface area contributed by atoms with Crippen molar-refractivity contribution in [2.45, 2.75) is 51.4 Å². The Hall–Kier alpha value is -1.63. The van der Waals surface area contributed by atoms with Crippen molar-refractivity contribution < 1.29 is 4.39 Å². The summed E-state index contributed by atoms with van der Waals surface area (Å²) >= 11 is 0. The molecule has 1 saturated carbocycles. The minimum absolute atomic E-state index is 0.165. The van der Waals surface area contributed by atoms with Crippen molar-refractivity contribution in [3.63, 3.8) is 0 Å². The molecular weight excluding hydrogens is 283 g/mol. The van der Waals surface area contributed by atoms with Gasteiger partial charge in [0, 0.05) is 0 Å². The van der Waals surface area contributed by atoms with Crippen LogP contribution in [0, 0.1) is 17.7 Å². The lowest BCUT2D eigenvalue weighted by Gasteiger charge is -2.34. The largest absolute Gasteiger partial charge is 0.207 e. The summed E-state index contributed by atoms with van der Waals surface area (Å²) in [5.41, 5.74) is 5.40. The smallest absolute Gasteiger partial charge is 0.123 e. The van der Waals surface area contributed by atoms with Gasteiger partial charge in [-0.15, -0.1) is 0 Å². The zero-order chi connectivity index (χ0) is 15.6. The highest BCUT2D eigenvalue weighted by Crippen LogP contribution is 2.38. The number of rotatable bonds is 2. The molecule has 120 valence electrons. The van der Waals surface area contributed by atoms with Crippen LogP contribution in [0.3, 0.4) is 0 Å². The van der Waals surface area contributed by atoms with Crippen molar-refractivity contribution in [3.8, 4) is 11.1 Å². The lowest BCUT2D eigenvalue weighted by Crippen LogP contribution is -2.24. The lowest BCUT2D eigenvalue weighted by molar-refractivity contribution is 0.228. The molecule has 0 saturated heterocycles. The number of fused-ring (bicyclic) bond motifs is 1. The molecule has 1 fully saturated rings. The molecule has 2 aliphatic rings. The van der Waals surface area contributed by atoms with Crippen molar-refractivity contribution in [1.82, 2.24) is 0 Å². The summed E-state index contributed by atoms with van der Waals surface area (Å²) < 4.78 is 13.1. The van der Waals surface area contributed by atoms with E-state index in [-0.39, 0.29) is 5.82 Å². The first-order valence-corrected chi connectivity index (χ1v) is 9.17. The SMILES string of the molecule is Fc1ccc(-c2ccc3c(c2)CCC(C2CCCCC2)C3)cc1. The molecule has 2 aromatic carbocycles. The third-order valence-corrected chi connectivity index (χ3v) is 5.97. The normalized spacial score (nSPS) is 21.9. The number of benzene rings is 2. The summed E-state index contributed by atoms with van der Waals surface area (Å²) in [6, 6.07) is 13.7. The van der Waals surface area contributed by atoms with E-state index in [4.69, 9.17) is 0 Å². The van der Waals surface area contributed by atoms with Gasteiger partial charge in [-0.25, -0.2) is 4.39 Å². The highest BCUT2D eigenvalue weighted by Gasteiger charge is 2.27. The average Bonchev–Trinajstić information content (AvgIpc) is 2.62. The average molecular weight is 308 g/mol. The maximum Gasteiger partial charge on any atom is 0.123 e. The van der Waals surface area contributed by atoms with Gasteiger partial charge in [-0.1, -0.05) is 62.4 Å². The molecule has 0 aromatic heterocycles. The molecule has 0 spiro atoms. The van der Waals surface area contributed by atoms with Crippen LogP contribution in [0.1, 0.15) is 49.7 Å². The lowest BCUT2D eigenvalue weighted by atomic mass is 9.71. The fraction of sp³-hybridized carbons (Fsp3) is 0.455. The molecule has 1 unspecified atom stereocenters. The van der Waals surface area contributed by atoms with Gasteiger partial charge in [0.1, 0.15) is 5.82 Å². The Morgan fingerprint density at radius 3 is 2.22 bits per heavy atom. The number of halogens is 1. The first-order chi connectivity index (χ1) is 11.3. The first kappa shape index (κ1) is 14.9. The molecule has 0 aliphatic heterocycles. The van der Waals surface area contributed by atoms with Gasteiger partial charge >= 0.3 is 0 Å². The molecule has 0 bridgehead atoms. The Morgan fingerprint density at radius 2 is 1.43 bits per heavy atom. The van der Waals surface area contributed by atoms with Gasteiger partial charge < -0.3 is 0 Å². The first-order valence-electron chi connectivity index (χ1n) is 9.17. The van der Waals surface area contributed by atoms with E-state index >= 15 is 0 Å². The molecule has 0 amide bonds. The third kappa shape index (κ3) is 3.20. The fourth-order valence-corrected chi connectivity index (χ4v) is 4.61. The van der Waals surface area contributed by atoms with Crippen LogP contribution >= 0.6 is 0 Å². The Kier molecular flexibility index (Phi) is 4.20. The summed E-state index contributed by atoms with van der Waals surface area (Å²) in [7, 11) is 0. The van der Waals surface area contributed by atoms with Crippen LogP contribution in [0.4, 0.5) is 4.39 Å². The van der Waals surface area contributed by atoms with Crippen LogP contribution < -0.4 is 0 Å². The third-order valence-electron chi connectivity index (χ3n) is 5.97. The Morgan fingerprint density at radius 1 is 0.696 bits per heavy atom. The molecule has 2 aromatic rings. The molecule has 23 heavy (non-hydrogen) atoms. The molecule has 0 radical (unpaired) electrons. The van der Waals surface area contributed by atoms with Crippen LogP contribution in [-0.4, -0.2) is 0 Å². The second kappa shape index (κ2) is 6.47. The maximum atomic E-state index is 13.1. The van der Waals surface area contributed by atoms with Crippen molar-refractivity contribution in [2.75, 3.05) is 0 Å². The van der Waals surface area contributed by atoms with E-state index in [1.807, 2.05) is 12.1 Å². The predicted molar refractivity (Wildman–Crippen MR) is 93.9 cm³/mol.